The highest BCUT2D eigenvalue weighted by Crippen LogP contribution is 2.30. The zero-order chi connectivity index (χ0) is 19.5. The lowest BCUT2D eigenvalue weighted by Crippen LogP contribution is -2.34. The molecular weight excluding hydrogens is 394 g/mol. The number of hydrogen-bond donors (Lipinski definition) is 1. The third-order valence-corrected chi connectivity index (χ3v) is 7.08. The molecule has 2 aliphatic rings. The van der Waals surface area contributed by atoms with Crippen molar-refractivity contribution >= 4 is 29.4 Å². The Balaban J connectivity index is 1.62. The Morgan fingerprint density at radius 1 is 1.39 bits per heavy atom. The number of amides is 1. The Bertz CT molecular complexity index is 939. The van der Waals surface area contributed by atoms with Crippen molar-refractivity contribution in [1.82, 2.24) is 14.9 Å². The van der Waals surface area contributed by atoms with E-state index in [0.717, 1.165) is 30.7 Å². The number of carbonyl (C=O) groups is 1. The van der Waals surface area contributed by atoms with Crippen LogP contribution in [0.5, 0.6) is 5.75 Å². The fraction of sp³-hybridized carbons (Fsp3) is 0.450. The minimum atomic E-state index is -0.0699. The minimum absolute atomic E-state index is 0.00165. The van der Waals surface area contributed by atoms with Crippen molar-refractivity contribution in [2.75, 3.05) is 18.6 Å². The summed E-state index contributed by atoms with van der Waals surface area (Å²) in [6, 6.07) is 7.66. The lowest BCUT2D eigenvalue weighted by Gasteiger charge is -2.15. The van der Waals surface area contributed by atoms with Crippen LogP contribution in [0.1, 0.15) is 31.4 Å². The molecule has 1 amide bonds. The van der Waals surface area contributed by atoms with Gasteiger partial charge >= 0.3 is 0 Å². The lowest BCUT2D eigenvalue weighted by atomic mass is 10.2. The van der Waals surface area contributed by atoms with Gasteiger partial charge in [0.2, 0.25) is 5.91 Å². The predicted octanol–water partition coefficient (Wildman–Crippen LogP) is 3.04. The van der Waals surface area contributed by atoms with Crippen molar-refractivity contribution in [1.29, 1.82) is 0 Å². The number of thioether (sulfide) groups is 2. The topological polar surface area (TPSA) is 73.2 Å². The number of rotatable bonds is 6. The molecular formula is C20H23N3O3S2. The quantitative estimate of drug-likeness (QED) is 0.575. The highest BCUT2D eigenvalue weighted by atomic mass is 32.2. The van der Waals surface area contributed by atoms with Crippen molar-refractivity contribution < 1.29 is 9.53 Å². The highest BCUT2D eigenvalue weighted by molar-refractivity contribution is 8.00. The van der Waals surface area contributed by atoms with Crippen molar-refractivity contribution in [2.24, 2.45) is 0 Å². The van der Waals surface area contributed by atoms with Gasteiger partial charge in [0, 0.05) is 24.3 Å². The molecule has 148 valence electrons. The molecule has 1 aliphatic carbocycles. The Morgan fingerprint density at radius 3 is 3.00 bits per heavy atom. The summed E-state index contributed by atoms with van der Waals surface area (Å²) in [5, 5.41) is 3.65. The molecule has 2 heterocycles. The van der Waals surface area contributed by atoms with E-state index in [1.54, 1.807) is 23.4 Å². The molecule has 0 atom stereocenters. The van der Waals surface area contributed by atoms with Crippen LogP contribution in [-0.4, -0.2) is 40.1 Å². The second-order valence-electron chi connectivity index (χ2n) is 6.95. The van der Waals surface area contributed by atoms with E-state index in [1.165, 1.54) is 24.6 Å². The lowest BCUT2D eigenvalue weighted by molar-refractivity contribution is -0.119. The molecule has 0 saturated heterocycles. The Morgan fingerprint density at radius 2 is 2.21 bits per heavy atom. The summed E-state index contributed by atoms with van der Waals surface area (Å²) in [4.78, 5) is 31.0. The summed E-state index contributed by atoms with van der Waals surface area (Å²) in [5.74, 6) is 1.79. The van der Waals surface area contributed by atoms with Crippen LogP contribution in [0.2, 0.25) is 0 Å². The first-order chi connectivity index (χ1) is 13.7. The molecule has 1 aliphatic heterocycles. The van der Waals surface area contributed by atoms with Gasteiger partial charge in [-0.25, -0.2) is 4.98 Å². The van der Waals surface area contributed by atoms with Crippen LogP contribution >= 0.6 is 23.5 Å². The van der Waals surface area contributed by atoms with Crippen LogP contribution in [0.3, 0.4) is 0 Å². The molecule has 1 N–H and O–H groups in total. The van der Waals surface area contributed by atoms with Gasteiger partial charge in [0.1, 0.15) is 5.75 Å². The van der Waals surface area contributed by atoms with Crippen LogP contribution in [0.25, 0.3) is 5.69 Å². The average molecular weight is 418 g/mol. The van der Waals surface area contributed by atoms with Gasteiger partial charge in [-0.1, -0.05) is 30.7 Å². The number of aryl methyl sites for hydroxylation is 1. The molecule has 1 aromatic heterocycles. The number of nitrogens with zero attached hydrogens (tertiary/aromatic N) is 2. The number of aromatic nitrogens is 2. The molecule has 1 aromatic carbocycles. The molecule has 0 unspecified atom stereocenters. The van der Waals surface area contributed by atoms with Gasteiger partial charge in [-0.05, 0) is 25.0 Å². The fourth-order valence-electron chi connectivity index (χ4n) is 3.64. The van der Waals surface area contributed by atoms with E-state index in [2.05, 4.69) is 5.32 Å². The number of fused-ring (bicyclic) bond motifs is 1. The summed E-state index contributed by atoms with van der Waals surface area (Å²) < 4.78 is 6.91. The summed E-state index contributed by atoms with van der Waals surface area (Å²) in [6.07, 6.45) is 5.25. The van der Waals surface area contributed by atoms with Gasteiger partial charge in [0.05, 0.1) is 29.1 Å². The molecule has 28 heavy (non-hydrogen) atoms. The Hall–Kier alpha value is -1.93. The first kappa shape index (κ1) is 19.4. The van der Waals surface area contributed by atoms with E-state index in [1.807, 2.05) is 24.3 Å². The highest BCUT2D eigenvalue weighted by Gasteiger charge is 2.24. The van der Waals surface area contributed by atoms with Gasteiger partial charge in [0.15, 0.2) is 5.16 Å². The zero-order valence-electron chi connectivity index (χ0n) is 15.8. The van der Waals surface area contributed by atoms with E-state index in [4.69, 9.17) is 9.72 Å². The van der Waals surface area contributed by atoms with E-state index in [0.29, 0.717) is 21.5 Å². The van der Waals surface area contributed by atoms with Crippen LogP contribution in [0.15, 0.2) is 39.1 Å². The maximum atomic E-state index is 13.2. The number of hydrogen-bond acceptors (Lipinski definition) is 6. The van der Waals surface area contributed by atoms with Crippen LogP contribution in [-0.2, 0) is 11.2 Å². The smallest absolute Gasteiger partial charge is 0.272 e. The van der Waals surface area contributed by atoms with Gasteiger partial charge in [-0.2, -0.15) is 0 Å². The molecule has 2 aromatic rings. The SMILES string of the molecule is COc1cccc(-n2c(SCC(=O)NC3CCCC3)nc3c(c2=O)SCC3)c1. The van der Waals surface area contributed by atoms with Crippen molar-refractivity contribution in [3.63, 3.8) is 0 Å². The van der Waals surface area contributed by atoms with Gasteiger partial charge in [-0.3, -0.25) is 14.2 Å². The second-order valence-corrected chi connectivity index (χ2v) is 9.00. The van der Waals surface area contributed by atoms with E-state index >= 15 is 0 Å². The van der Waals surface area contributed by atoms with Gasteiger partial charge < -0.3 is 10.1 Å². The first-order valence-corrected chi connectivity index (χ1v) is 11.5. The number of methoxy groups -OCH3 is 1. The van der Waals surface area contributed by atoms with E-state index in [9.17, 15) is 9.59 Å². The standard InChI is InChI=1S/C20H23N3O3S2/c1-26-15-8-4-7-14(11-15)23-19(25)18-16(9-10-27-18)22-20(23)28-12-17(24)21-13-5-2-3-6-13/h4,7-8,11,13H,2-3,5-6,9-10,12H2,1H3,(H,21,24). The maximum Gasteiger partial charge on any atom is 0.272 e. The molecule has 8 heteroatoms. The first-order valence-electron chi connectivity index (χ1n) is 9.51. The molecule has 6 nitrogen and oxygen atoms in total. The van der Waals surface area contributed by atoms with E-state index in [-0.39, 0.29) is 23.3 Å². The largest absolute Gasteiger partial charge is 0.497 e. The molecule has 0 spiro atoms. The van der Waals surface area contributed by atoms with Gasteiger partial charge in [-0.15, -0.1) is 11.8 Å². The van der Waals surface area contributed by atoms with Gasteiger partial charge in [0.25, 0.3) is 5.56 Å². The second kappa shape index (κ2) is 8.61. The summed E-state index contributed by atoms with van der Waals surface area (Å²) in [5.41, 5.74) is 1.47. The van der Waals surface area contributed by atoms with Crippen molar-refractivity contribution in [2.45, 2.75) is 48.2 Å². The van der Waals surface area contributed by atoms with Crippen LogP contribution in [0.4, 0.5) is 0 Å². The number of benzene rings is 1. The average Bonchev–Trinajstić information content (AvgIpc) is 3.38. The van der Waals surface area contributed by atoms with Crippen LogP contribution < -0.4 is 15.6 Å². The maximum absolute atomic E-state index is 13.2. The summed E-state index contributed by atoms with van der Waals surface area (Å²) in [6.45, 7) is 0. The van der Waals surface area contributed by atoms with Crippen molar-refractivity contribution in [3.8, 4) is 11.4 Å². The van der Waals surface area contributed by atoms with Crippen molar-refractivity contribution in [3.05, 3.63) is 40.3 Å². The predicted molar refractivity (Wildman–Crippen MR) is 112 cm³/mol. The third-order valence-electron chi connectivity index (χ3n) is 5.03. The molecule has 1 fully saturated rings. The Kier molecular flexibility index (Phi) is 5.96. The molecule has 1 saturated carbocycles. The minimum Gasteiger partial charge on any atom is -0.497 e. The molecule has 0 bridgehead atoms. The summed E-state index contributed by atoms with van der Waals surface area (Å²) in [7, 11) is 1.60. The molecule has 4 rings (SSSR count). The normalized spacial score (nSPS) is 16.2. The monoisotopic (exact) mass is 417 g/mol. The molecule has 0 radical (unpaired) electrons. The summed E-state index contributed by atoms with van der Waals surface area (Å²) >= 11 is 2.87. The van der Waals surface area contributed by atoms with Crippen LogP contribution in [0, 0.1) is 0 Å². The number of nitrogens with one attached hydrogen (secondary N) is 1. The van der Waals surface area contributed by atoms with E-state index < -0.39 is 0 Å². The number of ether oxygens (including phenoxy) is 1. The number of carbonyl (C=O) groups excluding carboxylic acids is 1. The third kappa shape index (κ3) is 4.07. The zero-order valence-corrected chi connectivity index (χ0v) is 17.4. The fourth-order valence-corrected chi connectivity index (χ4v) is 5.50. The Labute approximate surface area is 172 Å².